The third-order valence-corrected chi connectivity index (χ3v) is 4.17. The van der Waals surface area contributed by atoms with Crippen LogP contribution in [0.5, 0.6) is 0 Å². The Morgan fingerprint density at radius 1 is 1.25 bits per heavy atom. The van der Waals surface area contributed by atoms with E-state index in [0.717, 1.165) is 31.6 Å². The second kappa shape index (κ2) is 5.89. The van der Waals surface area contributed by atoms with E-state index < -0.39 is 0 Å². The summed E-state index contributed by atoms with van der Waals surface area (Å²) in [5.74, 6) is 0.0259. The Balaban J connectivity index is 1.81. The summed E-state index contributed by atoms with van der Waals surface area (Å²) < 4.78 is 13.4. The second-order valence-corrected chi connectivity index (χ2v) is 5.50. The van der Waals surface area contributed by atoms with Crippen LogP contribution in [-0.4, -0.2) is 43.5 Å². The second-order valence-electron chi connectivity index (χ2n) is 5.50. The summed E-state index contributed by atoms with van der Waals surface area (Å²) in [7, 11) is 0. The number of hydrogen-bond acceptors (Lipinski definition) is 3. The van der Waals surface area contributed by atoms with Crippen molar-refractivity contribution < 1.29 is 9.18 Å². The molecule has 2 atom stereocenters. The van der Waals surface area contributed by atoms with E-state index in [1.165, 1.54) is 12.1 Å². The zero-order valence-corrected chi connectivity index (χ0v) is 11.4. The average molecular weight is 277 g/mol. The molecule has 1 amide bonds. The van der Waals surface area contributed by atoms with Crippen molar-refractivity contribution in [2.45, 2.75) is 12.5 Å². The summed E-state index contributed by atoms with van der Waals surface area (Å²) in [5, 5.41) is 6.53. The van der Waals surface area contributed by atoms with Crippen LogP contribution < -0.4 is 10.6 Å². The smallest absolute Gasteiger partial charge is 0.227 e. The molecule has 0 radical (unpaired) electrons. The van der Waals surface area contributed by atoms with Crippen molar-refractivity contribution in [1.29, 1.82) is 0 Å². The highest BCUT2D eigenvalue weighted by atomic mass is 19.1. The minimum absolute atomic E-state index is 0.0625. The van der Waals surface area contributed by atoms with Gasteiger partial charge in [0, 0.05) is 26.2 Å². The summed E-state index contributed by atoms with van der Waals surface area (Å²) in [6.07, 6.45) is 0.901. The number of hydrogen-bond donors (Lipinski definition) is 2. The van der Waals surface area contributed by atoms with Gasteiger partial charge in [-0.15, -0.1) is 0 Å². The fourth-order valence-corrected chi connectivity index (χ4v) is 3.08. The summed E-state index contributed by atoms with van der Waals surface area (Å²) in [6.45, 7) is 3.86. The Morgan fingerprint density at radius 2 is 2.10 bits per heavy atom. The number of piperazine rings is 1. The molecule has 2 fully saturated rings. The molecule has 0 aliphatic carbocycles. The fraction of sp³-hybridized carbons (Fsp3) is 0.533. The molecular formula is C15H20FN3O. The van der Waals surface area contributed by atoms with E-state index in [1.807, 2.05) is 11.0 Å². The molecule has 2 saturated heterocycles. The van der Waals surface area contributed by atoms with Crippen molar-refractivity contribution in [3.05, 3.63) is 35.6 Å². The lowest BCUT2D eigenvalue weighted by Gasteiger charge is -2.38. The molecule has 4 nitrogen and oxygen atoms in total. The first-order valence-electron chi connectivity index (χ1n) is 7.23. The van der Waals surface area contributed by atoms with Gasteiger partial charge in [-0.3, -0.25) is 4.79 Å². The van der Waals surface area contributed by atoms with Gasteiger partial charge in [0.25, 0.3) is 0 Å². The van der Waals surface area contributed by atoms with Gasteiger partial charge < -0.3 is 15.5 Å². The molecule has 20 heavy (non-hydrogen) atoms. The van der Waals surface area contributed by atoms with E-state index in [2.05, 4.69) is 10.6 Å². The summed E-state index contributed by atoms with van der Waals surface area (Å²) in [4.78, 5) is 14.6. The Bertz CT molecular complexity index is 488. The normalized spacial score (nSPS) is 26.8. The van der Waals surface area contributed by atoms with Gasteiger partial charge in [0.05, 0.1) is 12.0 Å². The number of rotatable bonds is 2. The minimum atomic E-state index is -0.247. The van der Waals surface area contributed by atoms with Crippen LogP contribution in [0.2, 0.25) is 0 Å². The van der Waals surface area contributed by atoms with Gasteiger partial charge in [-0.05, 0) is 30.7 Å². The van der Waals surface area contributed by atoms with Gasteiger partial charge in [0.15, 0.2) is 0 Å². The van der Waals surface area contributed by atoms with E-state index in [4.69, 9.17) is 0 Å². The first-order valence-corrected chi connectivity index (χ1v) is 7.23. The van der Waals surface area contributed by atoms with Crippen LogP contribution in [-0.2, 0) is 4.79 Å². The van der Waals surface area contributed by atoms with Gasteiger partial charge in [0.2, 0.25) is 5.91 Å². The number of nitrogens with zero attached hydrogens (tertiary/aromatic N) is 1. The lowest BCUT2D eigenvalue weighted by atomic mass is 9.99. The van der Waals surface area contributed by atoms with Gasteiger partial charge in [-0.1, -0.05) is 12.1 Å². The number of nitrogens with one attached hydrogen (secondary N) is 2. The first-order chi connectivity index (χ1) is 9.75. The van der Waals surface area contributed by atoms with Crippen molar-refractivity contribution in [3.63, 3.8) is 0 Å². The maximum Gasteiger partial charge on any atom is 0.227 e. The van der Waals surface area contributed by atoms with Gasteiger partial charge >= 0.3 is 0 Å². The monoisotopic (exact) mass is 277 g/mol. The lowest BCUT2D eigenvalue weighted by molar-refractivity contribution is -0.138. The molecule has 2 aliphatic heterocycles. The predicted octanol–water partition coefficient (Wildman–Crippen LogP) is 0.908. The van der Waals surface area contributed by atoms with E-state index in [-0.39, 0.29) is 23.7 Å². The van der Waals surface area contributed by atoms with Crippen LogP contribution in [0.4, 0.5) is 4.39 Å². The van der Waals surface area contributed by atoms with Crippen molar-refractivity contribution in [2.24, 2.45) is 5.92 Å². The quantitative estimate of drug-likeness (QED) is 0.844. The van der Waals surface area contributed by atoms with E-state index in [1.54, 1.807) is 6.07 Å². The van der Waals surface area contributed by atoms with Gasteiger partial charge in [-0.2, -0.15) is 0 Å². The van der Waals surface area contributed by atoms with Crippen molar-refractivity contribution >= 4 is 5.91 Å². The number of halogens is 1. The third-order valence-electron chi connectivity index (χ3n) is 4.17. The first kappa shape index (κ1) is 13.5. The molecule has 1 aromatic rings. The highest BCUT2D eigenvalue weighted by Crippen LogP contribution is 2.25. The highest BCUT2D eigenvalue weighted by Gasteiger charge is 2.33. The number of carbonyl (C=O) groups excluding carboxylic acids is 1. The number of amides is 1. The average Bonchev–Trinajstić information content (AvgIpc) is 3.01. The van der Waals surface area contributed by atoms with Crippen LogP contribution in [0.15, 0.2) is 24.3 Å². The molecule has 2 unspecified atom stereocenters. The van der Waals surface area contributed by atoms with Crippen molar-refractivity contribution in [1.82, 2.24) is 15.5 Å². The van der Waals surface area contributed by atoms with Crippen LogP contribution >= 0.6 is 0 Å². The van der Waals surface area contributed by atoms with Crippen LogP contribution in [0.25, 0.3) is 0 Å². The fourth-order valence-electron chi connectivity index (χ4n) is 3.08. The Labute approximate surface area is 118 Å². The molecular weight excluding hydrogens is 257 g/mol. The molecule has 1 aromatic carbocycles. The summed E-state index contributed by atoms with van der Waals surface area (Å²) in [6, 6.07) is 6.51. The highest BCUT2D eigenvalue weighted by molar-refractivity contribution is 5.80. The Morgan fingerprint density at radius 3 is 2.85 bits per heavy atom. The van der Waals surface area contributed by atoms with Crippen molar-refractivity contribution in [3.8, 4) is 0 Å². The topological polar surface area (TPSA) is 44.4 Å². The van der Waals surface area contributed by atoms with Crippen molar-refractivity contribution in [2.75, 3.05) is 32.7 Å². The molecule has 0 aromatic heterocycles. The molecule has 5 heteroatoms. The minimum Gasteiger partial charge on any atom is -0.333 e. The zero-order chi connectivity index (χ0) is 13.9. The largest absolute Gasteiger partial charge is 0.333 e. The molecule has 0 spiro atoms. The van der Waals surface area contributed by atoms with Crippen LogP contribution in [0, 0.1) is 11.7 Å². The zero-order valence-electron chi connectivity index (χ0n) is 11.4. The molecule has 2 N–H and O–H groups in total. The standard InChI is InChI=1S/C15H20FN3O/c16-13-3-1-2-11(8-13)14-10-18-6-7-19(14)15(20)12-4-5-17-9-12/h1-3,8,12,14,17-18H,4-7,9-10H2. The number of carbonyl (C=O) groups is 1. The maximum absolute atomic E-state index is 13.4. The Hall–Kier alpha value is -1.46. The van der Waals surface area contributed by atoms with E-state index >= 15 is 0 Å². The molecule has 3 rings (SSSR count). The SMILES string of the molecule is O=C(C1CCNC1)N1CCNCC1c1cccc(F)c1. The molecule has 2 heterocycles. The summed E-state index contributed by atoms with van der Waals surface area (Å²) >= 11 is 0. The molecule has 2 aliphatic rings. The van der Waals surface area contributed by atoms with Gasteiger partial charge in [0.1, 0.15) is 5.82 Å². The van der Waals surface area contributed by atoms with Gasteiger partial charge in [-0.25, -0.2) is 4.39 Å². The van der Waals surface area contributed by atoms with E-state index in [9.17, 15) is 9.18 Å². The van der Waals surface area contributed by atoms with Crippen LogP contribution in [0.3, 0.4) is 0 Å². The summed E-state index contributed by atoms with van der Waals surface area (Å²) in [5.41, 5.74) is 0.872. The third kappa shape index (κ3) is 2.69. The molecule has 0 bridgehead atoms. The van der Waals surface area contributed by atoms with E-state index in [0.29, 0.717) is 13.1 Å². The Kier molecular flexibility index (Phi) is 3.98. The maximum atomic E-state index is 13.4. The van der Waals surface area contributed by atoms with Crippen LogP contribution in [0.1, 0.15) is 18.0 Å². The number of benzene rings is 1. The predicted molar refractivity (Wildman–Crippen MR) is 74.7 cm³/mol. The lowest BCUT2D eigenvalue weighted by Crippen LogP contribution is -2.50. The molecule has 0 saturated carbocycles. The molecule has 108 valence electrons.